The van der Waals surface area contributed by atoms with Crippen molar-refractivity contribution < 1.29 is 13.9 Å². The van der Waals surface area contributed by atoms with Crippen molar-refractivity contribution in [2.24, 2.45) is 0 Å². The molecule has 3 aromatic rings. The molecule has 1 amide bonds. The van der Waals surface area contributed by atoms with Gasteiger partial charge in [0.1, 0.15) is 11.6 Å². The zero-order valence-electron chi connectivity index (χ0n) is 18.6. The van der Waals surface area contributed by atoms with E-state index in [0.29, 0.717) is 5.75 Å². The van der Waals surface area contributed by atoms with Crippen molar-refractivity contribution in [1.29, 1.82) is 0 Å². The Balaban J connectivity index is 1.25. The topological polar surface area (TPSA) is 57.7 Å². The number of hydrogen-bond acceptors (Lipinski definition) is 5. The van der Waals surface area contributed by atoms with Crippen LogP contribution in [0.25, 0.3) is 0 Å². The lowest BCUT2D eigenvalue weighted by Crippen LogP contribution is -2.47. The van der Waals surface area contributed by atoms with E-state index in [9.17, 15) is 9.18 Å². The first-order valence-electron chi connectivity index (χ1n) is 11.3. The number of ether oxygens (including phenoxy) is 1. The number of carbonyl (C=O) groups excluding carboxylic acids is 1. The lowest BCUT2D eigenvalue weighted by atomic mass is 10.1. The van der Waals surface area contributed by atoms with Crippen molar-refractivity contribution in [3.63, 3.8) is 0 Å². The van der Waals surface area contributed by atoms with E-state index in [-0.39, 0.29) is 24.8 Å². The zero-order chi connectivity index (χ0) is 22.9. The molecule has 1 N–H and O–H groups in total. The Labute approximate surface area is 194 Å². The molecule has 2 heterocycles. The smallest absolute Gasteiger partial charge is 0.227 e. The van der Waals surface area contributed by atoms with Gasteiger partial charge in [-0.25, -0.2) is 4.39 Å². The van der Waals surface area contributed by atoms with Crippen molar-refractivity contribution >= 4 is 17.3 Å². The lowest BCUT2D eigenvalue weighted by molar-refractivity contribution is -0.116. The highest BCUT2D eigenvalue weighted by molar-refractivity contribution is 5.94. The maximum atomic E-state index is 13.0. The molecule has 1 fully saturated rings. The molecule has 2 aromatic carbocycles. The van der Waals surface area contributed by atoms with Gasteiger partial charge in [0, 0.05) is 45.1 Å². The number of hydrogen-bond donors (Lipinski definition) is 1. The number of benzene rings is 2. The first-order valence-corrected chi connectivity index (χ1v) is 11.3. The van der Waals surface area contributed by atoms with Crippen LogP contribution in [0.5, 0.6) is 5.75 Å². The minimum atomic E-state index is -0.314. The molecule has 0 unspecified atom stereocenters. The molecule has 6 nitrogen and oxygen atoms in total. The Morgan fingerprint density at radius 3 is 2.45 bits per heavy atom. The summed E-state index contributed by atoms with van der Waals surface area (Å²) in [6, 6.07) is 17.8. The Morgan fingerprint density at radius 2 is 1.70 bits per heavy atom. The molecule has 0 radical (unpaired) electrons. The summed E-state index contributed by atoms with van der Waals surface area (Å²) in [7, 11) is 0. The van der Waals surface area contributed by atoms with Gasteiger partial charge in [-0.15, -0.1) is 0 Å². The van der Waals surface area contributed by atoms with E-state index in [1.165, 1.54) is 17.7 Å². The van der Waals surface area contributed by atoms with Crippen molar-refractivity contribution in [1.82, 2.24) is 9.88 Å². The van der Waals surface area contributed by atoms with Gasteiger partial charge < -0.3 is 15.0 Å². The zero-order valence-corrected chi connectivity index (χ0v) is 18.6. The predicted molar refractivity (Wildman–Crippen MR) is 128 cm³/mol. The van der Waals surface area contributed by atoms with E-state index >= 15 is 0 Å². The second-order valence-corrected chi connectivity index (χ2v) is 8.05. The number of pyridine rings is 1. The van der Waals surface area contributed by atoms with Crippen molar-refractivity contribution in [2.45, 2.75) is 12.8 Å². The third-order valence-electron chi connectivity index (χ3n) is 5.77. The van der Waals surface area contributed by atoms with Crippen LogP contribution in [0.4, 0.5) is 15.8 Å². The standard InChI is InChI=1S/C26H29FN4O2/c27-22-5-7-23(8-6-22)33-20-12-26(32)29-24-3-1-2-4-25(24)31-18-16-30(17-19-31)15-11-21-9-13-28-14-10-21/h1-10,13-14H,11-12,15-20H2,(H,29,32). The second-order valence-electron chi connectivity index (χ2n) is 8.05. The van der Waals surface area contributed by atoms with Gasteiger partial charge in [0.15, 0.2) is 0 Å². The highest BCUT2D eigenvalue weighted by atomic mass is 19.1. The van der Waals surface area contributed by atoms with Gasteiger partial charge in [0.05, 0.1) is 24.4 Å². The molecular formula is C26H29FN4O2. The van der Waals surface area contributed by atoms with Gasteiger partial charge in [0.2, 0.25) is 5.91 Å². The average molecular weight is 449 g/mol. The molecule has 4 rings (SSSR count). The van der Waals surface area contributed by atoms with Crippen LogP contribution in [0, 0.1) is 5.82 Å². The minimum absolute atomic E-state index is 0.111. The van der Waals surface area contributed by atoms with Crippen LogP contribution in [0.15, 0.2) is 73.1 Å². The van der Waals surface area contributed by atoms with Crippen LogP contribution in [-0.4, -0.2) is 55.1 Å². The van der Waals surface area contributed by atoms with E-state index in [1.54, 1.807) is 12.1 Å². The molecular weight excluding hydrogens is 419 g/mol. The number of rotatable bonds is 9. The Bertz CT molecular complexity index is 1020. The maximum absolute atomic E-state index is 13.0. The first kappa shape index (κ1) is 22.7. The summed E-state index contributed by atoms with van der Waals surface area (Å²) in [4.78, 5) is 21.4. The maximum Gasteiger partial charge on any atom is 0.227 e. The van der Waals surface area contributed by atoms with Crippen molar-refractivity contribution in [2.75, 3.05) is 49.5 Å². The number of halogens is 1. The SMILES string of the molecule is O=C(CCOc1ccc(F)cc1)Nc1ccccc1N1CCN(CCc2ccncc2)CC1. The van der Waals surface area contributed by atoms with E-state index < -0.39 is 0 Å². The van der Waals surface area contributed by atoms with Crippen LogP contribution in [0.2, 0.25) is 0 Å². The molecule has 0 atom stereocenters. The average Bonchev–Trinajstić information content (AvgIpc) is 2.85. The highest BCUT2D eigenvalue weighted by Gasteiger charge is 2.19. The molecule has 7 heteroatoms. The van der Waals surface area contributed by atoms with E-state index in [2.05, 4.69) is 38.3 Å². The molecule has 1 saturated heterocycles. The van der Waals surface area contributed by atoms with E-state index in [4.69, 9.17) is 4.74 Å². The number of nitrogens with one attached hydrogen (secondary N) is 1. The van der Waals surface area contributed by atoms with Gasteiger partial charge in [-0.05, 0) is 60.5 Å². The Morgan fingerprint density at radius 1 is 0.970 bits per heavy atom. The molecule has 1 aliphatic rings. The van der Waals surface area contributed by atoms with Gasteiger partial charge in [-0.2, -0.15) is 0 Å². The largest absolute Gasteiger partial charge is 0.493 e. The first-order chi connectivity index (χ1) is 16.2. The Kier molecular flexibility index (Phi) is 7.87. The highest BCUT2D eigenvalue weighted by Crippen LogP contribution is 2.27. The van der Waals surface area contributed by atoms with Gasteiger partial charge in [0.25, 0.3) is 0 Å². The van der Waals surface area contributed by atoms with Gasteiger partial charge >= 0.3 is 0 Å². The molecule has 0 aliphatic carbocycles. The van der Waals surface area contributed by atoms with E-state index in [1.807, 2.05) is 30.6 Å². The third kappa shape index (κ3) is 6.76. The number of piperazine rings is 1. The Hall–Kier alpha value is -3.45. The monoisotopic (exact) mass is 448 g/mol. The lowest BCUT2D eigenvalue weighted by Gasteiger charge is -2.37. The molecule has 33 heavy (non-hydrogen) atoms. The molecule has 1 aromatic heterocycles. The van der Waals surface area contributed by atoms with Crippen molar-refractivity contribution in [3.05, 3.63) is 84.4 Å². The van der Waals surface area contributed by atoms with Crippen LogP contribution in [0.1, 0.15) is 12.0 Å². The summed E-state index contributed by atoms with van der Waals surface area (Å²) < 4.78 is 18.5. The number of aromatic nitrogens is 1. The second kappa shape index (κ2) is 11.4. The normalized spacial score (nSPS) is 14.2. The predicted octanol–water partition coefficient (Wildman–Crippen LogP) is 3.99. The van der Waals surface area contributed by atoms with Gasteiger partial charge in [-0.3, -0.25) is 14.7 Å². The van der Waals surface area contributed by atoms with Crippen LogP contribution in [0.3, 0.4) is 0 Å². The third-order valence-corrected chi connectivity index (χ3v) is 5.77. The van der Waals surface area contributed by atoms with E-state index in [0.717, 1.165) is 50.5 Å². The molecule has 0 spiro atoms. The van der Waals surface area contributed by atoms with Crippen LogP contribution in [-0.2, 0) is 11.2 Å². The fourth-order valence-corrected chi connectivity index (χ4v) is 3.91. The van der Waals surface area contributed by atoms with Crippen LogP contribution < -0.4 is 15.0 Å². The molecule has 0 saturated carbocycles. The molecule has 1 aliphatic heterocycles. The number of nitrogens with zero attached hydrogens (tertiary/aromatic N) is 3. The quantitative estimate of drug-likeness (QED) is 0.536. The number of carbonyl (C=O) groups is 1. The summed E-state index contributed by atoms with van der Waals surface area (Å²) in [6.07, 6.45) is 4.92. The summed E-state index contributed by atoms with van der Waals surface area (Å²) in [5.41, 5.74) is 3.16. The summed E-state index contributed by atoms with van der Waals surface area (Å²) in [6.45, 7) is 5.06. The summed E-state index contributed by atoms with van der Waals surface area (Å²) in [5, 5.41) is 3.02. The fraction of sp³-hybridized carbons (Fsp3) is 0.308. The fourth-order valence-electron chi connectivity index (χ4n) is 3.91. The molecule has 172 valence electrons. The van der Waals surface area contributed by atoms with Crippen LogP contribution >= 0.6 is 0 Å². The minimum Gasteiger partial charge on any atom is -0.493 e. The number of para-hydroxylation sites is 2. The summed E-state index contributed by atoms with van der Waals surface area (Å²) in [5.74, 6) is 0.123. The van der Waals surface area contributed by atoms with Gasteiger partial charge in [-0.1, -0.05) is 12.1 Å². The summed E-state index contributed by atoms with van der Waals surface area (Å²) >= 11 is 0. The number of anilines is 2. The van der Waals surface area contributed by atoms with Crippen molar-refractivity contribution in [3.8, 4) is 5.75 Å². The molecule has 0 bridgehead atoms. The number of amides is 1.